The van der Waals surface area contributed by atoms with Gasteiger partial charge in [-0.3, -0.25) is 4.90 Å². The topological polar surface area (TPSA) is 44.0 Å². The molecule has 3 rings (SSSR count). The van der Waals surface area contributed by atoms with E-state index in [-0.39, 0.29) is 0 Å². The average molecular weight is 248 g/mol. The fraction of sp³-hybridized carbons (Fsp3) is 0.786. The van der Waals surface area contributed by atoms with Crippen LogP contribution in [0, 0.1) is 5.92 Å². The van der Waals surface area contributed by atoms with Crippen molar-refractivity contribution in [3.63, 3.8) is 0 Å². The molecule has 4 nitrogen and oxygen atoms in total. The first kappa shape index (κ1) is 12.2. The fourth-order valence-corrected chi connectivity index (χ4v) is 3.48. The van der Waals surface area contributed by atoms with E-state index in [1.54, 1.807) is 0 Å². The lowest BCUT2D eigenvalue weighted by molar-refractivity contribution is 0.182. The van der Waals surface area contributed by atoms with Crippen LogP contribution in [0.25, 0.3) is 0 Å². The molecule has 0 aliphatic carbocycles. The Morgan fingerprint density at radius 2 is 2.39 bits per heavy atom. The molecule has 2 unspecified atom stereocenters. The molecule has 3 heterocycles. The number of hydrogen-bond donors (Lipinski definition) is 2. The van der Waals surface area contributed by atoms with E-state index in [0.717, 1.165) is 24.9 Å². The number of aromatic amines is 1. The summed E-state index contributed by atoms with van der Waals surface area (Å²) in [6.45, 7) is 8.09. The van der Waals surface area contributed by atoms with Gasteiger partial charge in [-0.25, -0.2) is 4.98 Å². The van der Waals surface area contributed by atoms with Gasteiger partial charge in [0.1, 0.15) is 0 Å². The molecule has 2 N–H and O–H groups in total. The average Bonchev–Trinajstić information content (AvgIpc) is 2.96. The Morgan fingerprint density at radius 3 is 3.22 bits per heavy atom. The minimum atomic E-state index is 0.570. The van der Waals surface area contributed by atoms with Gasteiger partial charge in [0.2, 0.25) is 0 Å². The molecule has 100 valence electrons. The maximum Gasteiger partial charge on any atom is 0.0925 e. The summed E-state index contributed by atoms with van der Waals surface area (Å²) in [5.41, 5.74) is 2.53. The van der Waals surface area contributed by atoms with Crippen LogP contribution < -0.4 is 5.32 Å². The third-order valence-electron chi connectivity index (χ3n) is 4.45. The Morgan fingerprint density at radius 1 is 1.50 bits per heavy atom. The van der Waals surface area contributed by atoms with E-state index in [0.29, 0.717) is 6.04 Å². The zero-order valence-corrected chi connectivity index (χ0v) is 11.4. The zero-order chi connectivity index (χ0) is 12.5. The van der Waals surface area contributed by atoms with E-state index in [2.05, 4.69) is 34.0 Å². The number of nitrogens with zero attached hydrogens (tertiary/aromatic N) is 2. The number of H-pyrrole nitrogens is 1. The highest BCUT2D eigenvalue weighted by Crippen LogP contribution is 2.24. The molecule has 2 aliphatic rings. The predicted molar refractivity (Wildman–Crippen MR) is 72.4 cm³/mol. The Bertz CT molecular complexity index is 398. The predicted octanol–water partition coefficient (Wildman–Crippen LogP) is 1.54. The molecular weight excluding hydrogens is 224 g/mol. The highest BCUT2D eigenvalue weighted by atomic mass is 15.2. The van der Waals surface area contributed by atoms with E-state index in [9.17, 15) is 0 Å². The van der Waals surface area contributed by atoms with Crippen molar-refractivity contribution < 1.29 is 0 Å². The van der Waals surface area contributed by atoms with E-state index in [1.807, 2.05) is 6.33 Å². The summed E-state index contributed by atoms with van der Waals surface area (Å²) in [6.07, 6.45) is 5.63. The lowest BCUT2D eigenvalue weighted by Gasteiger charge is -2.33. The molecule has 0 spiro atoms. The largest absolute Gasteiger partial charge is 0.347 e. The Labute approximate surface area is 109 Å². The van der Waals surface area contributed by atoms with E-state index < -0.39 is 0 Å². The molecule has 0 bridgehead atoms. The van der Waals surface area contributed by atoms with Crippen molar-refractivity contribution in [1.82, 2.24) is 20.2 Å². The van der Waals surface area contributed by atoms with E-state index in [1.165, 1.54) is 37.3 Å². The van der Waals surface area contributed by atoms with Gasteiger partial charge >= 0.3 is 0 Å². The van der Waals surface area contributed by atoms with Crippen LogP contribution >= 0.6 is 0 Å². The summed E-state index contributed by atoms with van der Waals surface area (Å²) in [6, 6.07) is 1.35. The van der Waals surface area contributed by atoms with Crippen LogP contribution in [-0.4, -0.2) is 40.0 Å². The van der Waals surface area contributed by atoms with Gasteiger partial charge in [-0.15, -0.1) is 0 Å². The van der Waals surface area contributed by atoms with Crippen LogP contribution in [0.4, 0.5) is 0 Å². The van der Waals surface area contributed by atoms with Crippen LogP contribution in [-0.2, 0) is 13.0 Å². The number of rotatable bonds is 3. The van der Waals surface area contributed by atoms with Gasteiger partial charge in [0, 0.05) is 31.6 Å². The third kappa shape index (κ3) is 2.31. The van der Waals surface area contributed by atoms with Crippen LogP contribution in [0.1, 0.15) is 38.1 Å². The number of likely N-dealkylation sites (tertiary alicyclic amines) is 1. The molecule has 2 atom stereocenters. The van der Waals surface area contributed by atoms with Crippen molar-refractivity contribution >= 4 is 0 Å². The molecule has 1 aromatic rings. The van der Waals surface area contributed by atoms with Crippen LogP contribution in [0.3, 0.4) is 0 Å². The summed E-state index contributed by atoms with van der Waals surface area (Å²) in [5, 5.41) is 3.63. The first-order chi connectivity index (χ1) is 8.74. The van der Waals surface area contributed by atoms with Crippen molar-refractivity contribution in [1.29, 1.82) is 0 Å². The summed E-state index contributed by atoms with van der Waals surface area (Å²) in [4.78, 5) is 10.3. The Kier molecular flexibility index (Phi) is 3.39. The maximum absolute atomic E-state index is 4.42. The van der Waals surface area contributed by atoms with Gasteiger partial charge in [-0.2, -0.15) is 0 Å². The van der Waals surface area contributed by atoms with Gasteiger partial charge < -0.3 is 10.3 Å². The molecule has 4 heteroatoms. The highest BCUT2D eigenvalue weighted by Gasteiger charge is 2.30. The molecule has 2 aliphatic heterocycles. The number of hydrogen-bond acceptors (Lipinski definition) is 3. The van der Waals surface area contributed by atoms with Crippen LogP contribution in [0.2, 0.25) is 0 Å². The molecular formula is C14H24N4. The number of fused-ring (bicyclic) bond motifs is 1. The van der Waals surface area contributed by atoms with Crippen LogP contribution in [0.5, 0.6) is 0 Å². The first-order valence-corrected chi connectivity index (χ1v) is 7.22. The minimum absolute atomic E-state index is 0.570. The standard InChI is InChI=1S/C14H24N4/c1-10(2)14-4-3-5-18(14)8-11-6-12-13(7-15-11)17-9-16-12/h9-11,14-15H,3-8H2,1-2H3,(H,16,17). The molecule has 1 saturated heterocycles. The lowest BCUT2D eigenvalue weighted by Crippen LogP contribution is -2.47. The monoisotopic (exact) mass is 248 g/mol. The van der Waals surface area contributed by atoms with Gasteiger partial charge in [0.05, 0.1) is 17.7 Å². The lowest BCUT2D eigenvalue weighted by atomic mass is 10.00. The van der Waals surface area contributed by atoms with Crippen LogP contribution in [0.15, 0.2) is 6.33 Å². The second kappa shape index (κ2) is 5.02. The van der Waals surface area contributed by atoms with E-state index >= 15 is 0 Å². The van der Waals surface area contributed by atoms with E-state index in [4.69, 9.17) is 0 Å². The SMILES string of the molecule is CC(C)C1CCCN1CC1Cc2nc[nH]c2CN1. The number of aromatic nitrogens is 2. The van der Waals surface area contributed by atoms with Gasteiger partial charge in [0.15, 0.2) is 0 Å². The first-order valence-electron chi connectivity index (χ1n) is 7.22. The number of imidazole rings is 1. The van der Waals surface area contributed by atoms with Crippen molar-refractivity contribution in [2.24, 2.45) is 5.92 Å². The summed E-state index contributed by atoms with van der Waals surface area (Å²) < 4.78 is 0. The molecule has 0 aromatic carbocycles. The summed E-state index contributed by atoms with van der Waals surface area (Å²) in [5.74, 6) is 0.775. The maximum atomic E-state index is 4.42. The molecule has 0 saturated carbocycles. The quantitative estimate of drug-likeness (QED) is 0.853. The van der Waals surface area contributed by atoms with Crippen molar-refractivity contribution in [2.45, 2.75) is 51.7 Å². The Hall–Kier alpha value is -0.870. The Balaban J connectivity index is 1.61. The van der Waals surface area contributed by atoms with Crippen molar-refractivity contribution in [3.05, 3.63) is 17.7 Å². The normalized spacial score (nSPS) is 28.8. The molecule has 0 amide bonds. The summed E-state index contributed by atoms with van der Waals surface area (Å²) >= 11 is 0. The second-order valence-electron chi connectivity index (χ2n) is 6.06. The molecule has 1 fully saturated rings. The second-order valence-corrected chi connectivity index (χ2v) is 6.06. The minimum Gasteiger partial charge on any atom is -0.347 e. The van der Waals surface area contributed by atoms with Crippen molar-refractivity contribution in [2.75, 3.05) is 13.1 Å². The zero-order valence-electron chi connectivity index (χ0n) is 11.4. The molecule has 18 heavy (non-hydrogen) atoms. The summed E-state index contributed by atoms with van der Waals surface area (Å²) in [7, 11) is 0. The molecule has 0 radical (unpaired) electrons. The van der Waals surface area contributed by atoms with Gasteiger partial charge in [0.25, 0.3) is 0 Å². The van der Waals surface area contributed by atoms with Crippen molar-refractivity contribution in [3.8, 4) is 0 Å². The third-order valence-corrected chi connectivity index (χ3v) is 4.45. The number of nitrogens with one attached hydrogen (secondary N) is 2. The fourth-order valence-electron chi connectivity index (χ4n) is 3.48. The van der Waals surface area contributed by atoms with Gasteiger partial charge in [-0.05, 0) is 25.3 Å². The smallest absolute Gasteiger partial charge is 0.0925 e. The highest BCUT2D eigenvalue weighted by molar-refractivity contribution is 5.16. The molecule has 1 aromatic heterocycles. The van der Waals surface area contributed by atoms with Gasteiger partial charge in [-0.1, -0.05) is 13.8 Å².